The number of carbonyl (C=O) groups excluding carboxylic acids is 1. The van der Waals surface area contributed by atoms with Gasteiger partial charge in [0.25, 0.3) is 5.91 Å². The summed E-state index contributed by atoms with van der Waals surface area (Å²) in [5.41, 5.74) is 3.43. The maximum absolute atomic E-state index is 13.4. The van der Waals surface area contributed by atoms with E-state index in [4.69, 9.17) is 4.98 Å². The number of nitrogens with zero attached hydrogens (tertiary/aromatic N) is 6. The van der Waals surface area contributed by atoms with Gasteiger partial charge in [-0.15, -0.1) is 5.10 Å². The number of benzene rings is 1. The topological polar surface area (TPSA) is 75.1 Å². The summed E-state index contributed by atoms with van der Waals surface area (Å²) in [6, 6.07) is 6.41. The molecule has 1 aliphatic rings. The number of likely N-dealkylation sites (tertiary alicyclic amines) is 1. The normalized spacial score (nSPS) is 14.7. The first-order valence-corrected chi connectivity index (χ1v) is 10.6. The largest absolute Gasteiger partial charge is 0.347 e. The van der Waals surface area contributed by atoms with E-state index in [-0.39, 0.29) is 17.6 Å². The second-order valence-corrected chi connectivity index (χ2v) is 8.38. The van der Waals surface area contributed by atoms with E-state index in [2.05, 4.69) is 14.6 Å². The van der Waals surface area contributed by atoms with Gasteiger partial charge >= 0.3 is 0 Å². The van der Waals surface area contributed by atoms with Gasteiger partial charge in [0.1, 0.15) is 10.7 Å². The first-order valence-electron chi connectivity index (χ1n) is 9.82. The summed E-state index contributed by atoms with van der Waals surface area (Å²) in [5.74, 6) is 0.555. The van der Waals surface area contributed by atoms with Gasteiger partial charge in [-0.2, -0.15) is 0 Å². The summed E-state index contributed by atoms with van der Waals surface area (Å²) in [6.07, 6.45) is 3.42. The Morgan fingerprint density at radius 1 is 1.20 bits per heavy atom. The zero-order chi connectivity index (χ0) is 21.3. The molecule has 1 aromatic carbocycles. The number of carbonyl (C=O) groups is 1. The minimum Gasteiger partial charge on any atom is -0.347 e. The van der Waals surface area contributed by atoms with Crippen LogP contribution in [0, 0.1) is 12.7 Å². The van der Waals surface area contributed by atoms with E-state index >= 15 is 0 Å². The third kappa shape index (κ3) is 4.02. The zero-order valence-electron chi connectivity index (χ0n) is 17.2. The van der Waals surface area contributed by atoms with Gasteiger partial charge in [0, 0.05) is 44.9 Å². The smallest absolute Gasteiger partial charge is 0.267 e. The lowest BCUT2D eigenvalue weighted by Gasteiger charge is -2.32. The molecule has 1 saturated heterocycles. The fourth-order valence-corrected chi connectivity index (χ4v) is 4.32. The Labute approximate surface area is 178 Å². The first kappa shape index (κ1) is 20.3. The molecular formula is C21H23FN6OS. The van der Waals surface area contributed by atoms with E-state index in [9.17, 15) is 9.18 Å². The van der Waals surface area contributed by atoms with Crippen LogP contribution in [0.1, 0.15) is 39.8 Å². The van der Waals surface area contributed by atoms with Crippen molar-refractivity contribution in [2.24, 2.45) is 0 Å². The highest BCUT2D eigenvalue weighted by molar-refractivity contribution is 7.07. The van der Waals surface area contributed by atoms with E-state index in [1.165, 1.54) is 12.1 Å². The highest BCUT2D eigenvalue weighted by Gasteiger charge is 2.29. The van der Waals surface area contributed by atoms with Crippen molar-refractivity contribution >= 4 is 23.4 Å². The second kappa shape index (κ2) is 8.43. The number of anilines is 1. The van der Waals surface area contributed by atoms with Gasteiger partial charge in [0.2, 0.25) is 5.95 Å². The predicted octanol–water partition coefficient (Wildman–Crippen LogP) is 3.53. The molecule has 1 amide bonds. The van der Waals surface area contributed by atoms with Crippen LogP contribution in [0.2, 0.25) is 0 Å². The Bertz CT molecular complexity index is 1040. The average molecular weight is 427 g/mol. The summed E-state index contributed by atoms with van der Waals surface area (Å²) in [6.45, 7) is 3.10. The van der Waals surface area contributed by atoms with Crippen molar-refractivity contribution in [2.45, 2.75) is 25.7 Å². The lowest BCUT2D eigenvalue weighted by atomic mass is 9.89. The third-order valence-electron chi connectivity index (χ3n) is 5.38. The monoisotopic (exact) mass is 426 g/mol. The molecule has 156 valence electrons. The predicted molar refractivity (Wildman–Crippen MR) is 114 cm³/mol. The molecule has 4 rings (SSSR count). The van der Waals surface area contributed by atoms with Gasteiger partial charge < -0.3 is 9.80 Å². The zero-order valence-corrected chi connectivity index (χ0v) is 18.0. The summed E-state index contributed by atoms with van der Waals surface area (Å²) in [5, 5.41) is 3.95. The first-order chi connectivity index (χ1) is 14.4. The van der Waals surface area contributed by atoms with Crippen LogP contribution >= 0.6 is 11.5 Å². The maximum Gasteiger partial charge on any atom is 0.267 e. The van der Waals surface area contributed by atoms with Gasteiger partial charge in [-0.25, -0.2) is 14.4 Å². The molecule has 3 heterocycles. The quantitative estimate of drug-likeness (QED) is 0.635. The summed E-state index contributed by atoms with van der Waals surface area (Å²) in [4.78, 5) is 26.4. The fourth-order valence-electron chi connectivity index (χ4n) is 3.69. The number of hydrogen-bond donors (Lipinski definition) is 0. The highest BCUT2D eigenvalue weighted by Crippen LogP contribution is 2.35. The molecule has 7 nitrogen and oxygen atoms in total. The van der Waals surface area contributed by atoms with Crippen LogP contribution in [0.5, 0.6) is 0 Å². The molecule has 3 aromatic rings. The molecule has 0 atom stereocenters. The number of amides is 1. The van der Waals surface area contributed by atoms with Crippen molar-refractivity contribution in [1.29, 1.82) is 0 Å². The summed E-state index contributed by atoms with van der Waals surface area (Å²) < 4.78 is 17.3. The van der Waals surface area contributed by atoms with E-state index in [0.717, 1.165) is 41.2 Å². The van der Waals surface area contributed by atoms with Crippen LogP contribution in [-0.4, -0.2) is 57.5 Å². The standard InChI is InChI=1S/C21H23FN6OS/c1-13-19(30-26-25-13)20(29)28-10-8-15(9-11-28)18-17(12-23-21(24-18)27(2)3)14-4-6-16(22)7-5-14/h4-7,12,15H,8-11H2,1-3H3. The van der Waals surface area contributed by atoms with E-state index < -0.39 is 0 Å². The minimum atomic E-state index is -0.272. The Hall–Kier alpha value is -2.94. The minimum absolute atomic E-state index is 0.00336. The van der Waals surface area contributed by atoms with Crippen LogP contribution < -0.4 is 4.90 Å². The molecule has 9 heteroatoms. The Morgan fingerprint density at radius 3 is 2.50 bits per heavy atom. The molecule has 0 unspecified atom stereocenters. The molecule has 0 bridgehead atoms. The number of rotatable bonds is 4. The van der Waals surface area contributed by atoms with Crippen molar-refractivity contribution in [3.05, 3.63) is 52.5 Å². The maximum atomic E-state index is 13.4. The molecule has 0 N–H and O–H groups in total. The molecular weight excluding hydrogens is 403 g/mol. The van der Waals surface area contributed by atoms with Crippen molar-refractivity contribution in [3.63, 3.8) is 0 Å². The molecule has 1 aliphatic heterocycles. The molecule has 0 spiro atoms. The summed E-state index contributed by atoms with van der Waals surface area (Å²) in [7, 11) is 3.81. The Morgan fingerprint density at radius 2 is 1.90 bits per heavy atom. The molecule has 0 saturated carbocycles. The highest BCUT2D eigenvalue weighted by atomic mass is 32.1. The number of aromatic nitrogens is 4. The Balaban J connectivity index is 1.59. The lowest BCUT2D eigenvalue weighted by molar-refractivity contribution is 0.0716. The van der Waals surface area contributed by atoms with Crippen molar-refractivity contribution in [2.75, 3.05) is 32.1 Å². The Kier molecular flexibility index (Phi) is 5.72. The van der Waals surface area contributed by atoms with Crippen LogP contribution in [0.3, 0.4) is 0 Å². The molecule has 30 heavy (non-hydrogen) atoms. The third-order valence-corrected chi connectivity index (χ3v) is 6.19. The van der Waals surface area contributed by atoms with E-state index in [1.807, 2.05) is 37.0 Å². The molecule has 0 radical (unpaired) electrons. The van der Waals surface area contributed by atoms with Crippen LogP contribution in [0.4, 0.5) is 10.3 Å². The number of hydrogen-bond acceptors (Lipinski definition) is 7. The number of piperidine rings is 1. The average Bonchev–Trinajstić information content (AvgIpc) is 3.19. The van der Waals surface area contributed by atoms with Gasteiger partial charge in [0.05, 0.1) is 11.4 Å². The lowest BCUT2D eigenvalue weighted by Crippen LogP contribution is -2.38. The van der Waals surface area contributed by atoms with Crippen LogP contribution in [-0.2, 0) is 0 Å². The molecule has 1 fully saturated rings. The molecule has 0 aliphatic carbocycles. The number of aryl methyl sites for hydroxylation is 1. The van der Waals surface area contributed by atoms with Crippen molar-refractivity contribution in [3.8, 4) is 11.1 Å². The summed E-state index contributed by atoms with van der Waals surface area (Å²) >= 11 is 1.15. The molecule has 2 aromatic heterocycles. The fraction of sp³-hybridized carbons (Fsp3) is 0.381. The van der Waals surface area contributed by atoms with E-state index in [1.54, 1.807) is 12.1 Å². The van der Waals surface area contributed by atoms with Gasteiger partial charge in [0.15, 0.2) is 0 Å². The van der Waals surface area contributed by atoms with Crippen molar-refractivity contribution in [1.82, 2.24) is 24.5 Å². The van der Waals surface area contributed by atoms with Gasteiger partial charge in [-0.05, 0) is 49.0 Å². The van der Waals surface area contributed by atoms with E-state index in [0.29, 0.717) is 29.6 Å². The van der Waals surface area contributed by atoms with Crippen LogP contribution in [0.25, 0.3) is 11.1 Å². The van der Waals surface area contributed by atoms with Crippen LogP contribution in [0.15, 0.2) is 30.5 Å². The SMILES string of the molecule is Cc1nnsc1C(=O)N1CCC(c2nc(N(C)C)ncc2-c2ccc(F)cc2)CC1. The van der Waals surface area contributed by atoms with Gasteiger partial charge in [-0.1, -0.05) is 16.6 Å². The number of halogens is 1. The second-order valence-electron chi connectivity index (χ2n) is 7.62. The van der Waals surface area contributed by atoms with Crippen molar-refractivity contribution < 1.29 is 9.18 Å². The van der Waals surface area contributed by atoms with Gasteiger partial charge in [-0.3, -0.25) is 4.79 Å².